The highest BCUT2D eigenvalue weighted by atomic mass is 32.2. The van der Waals surface area contributed by atoms with Gasteiger partial charge in [0.25, 0.3) is 0 Å². The van der Waals surface area contributed by atoms with Crippen LogP contribution in [0.3, 0.4) is 0 Å². The third-order valence-electron chi connectivity index (χ3n) is 4.97. The molecule has 0 N–H and O–H groups in total. The third kappa shape index (κ3) is 5.35. The van der Waals surface area contributed by atoms with Crippen molar-refractivity contribution >= 4 is 11.8 Å². The second-order valence-corrected chi connectivity index (χ2v) is 8.07. The molecule has 20 heavy (non-hydrogen) atoms. The molecule has 2 rings (SSSR count). The fourth-order valence-corrected chi connectivity index (χ4v) is 5.08. The average Bonchev–Trinajstić information content (AvgIpc) is 2.94. The number of rotatable bonds is 6. The Hall–Kier alpha value is -0.110. The first kappa shape index (κ1) is 16.3. The van der Waals surface area contributed by atoms with Crippen LogP contribution in [0.25, 0.3) is 0 Å². The second-order valence-electron chi connectivity index (χ2n) is 6.51. The molecule has 2 aliphatic rings. The Balaban J connectivity index is 1.67. The van der Waals surface area contributed by atoms with Crippen molar-refractivity contribution in [1.29, 1.82) is 0 Å². The summed E-state index contributed by atoms with van der Waals surface area (Å²) in [6.45, 7) is 3.31. The van der Waals surface area contributed by atoms with Gasteiger partial charge in [-0.3, -0.25) is 0 Å². The molecule has 1 aliphatic heterocycles. The Bertz CT molecular complexity index is 282. The van der Waals surface area contributed by atoms with E-state index in [1.165, 1.54) is 88.4 Å². The van der Waals surface area contributed by atoms with Crippen LogP contribution in [-0.4, -0.2) is 17.1 Å². The predicted molar refractivity (Wildman–Crippen MR) is 90.3 cm³/mol. The minimum absolute atomic E-state index is 0.560. The summed E-state index contributed by atoms with van der Waals surface area (Å²) in [6, 6.07) is 0. The molecule has 1 atom stereocenters. The lowest BCUT2D eigenvalue weighted by Gasteiger charge is -2.34. The lowest BCUT2D eigenvalue weighted by atomic mass is 9.92. The topological polar surface area (TPSA) is 9.23 Å². The van der Waals surface area contributed by atoms with Crippen LogP contribution in [0.1, 0.15) is 84.0 Å². The summed E-state index contributed by atoms with van der Waals surface area (Å²) >= 11 is 2.26. The van der Waals surface area contributed by atoms with Crippen molar-refractivity contribution in [3.8, 4) is 0 Å². The number of hydrogen-bond acceptors (Lipinski definition) is 2. The van der Waals surface area contributed by atoms with Gasteiger partial charge in [-0.25, -0.2) is 0 Å². The molecule has 116 valence electrons. The van der Waals surface area contributed by atoms with Crippen molar-refractivity contribution in [1.82, 2.24) is 0 Å². The van der Waals surface area contributed by atoms with E-state index in [9.17, 15) is 0 Å². The van der Waals surface area contributed by atoms with E-state index in [0.717, 1.165) is 6.61 Å². The maximum Gasteiger partial charge on any atom is 0.0873 e. The van der Waals surface area contributed by atoms with Crippen LogP contribution in [0.5, 0.6) is 0 Å². The van der Waals surface area contributed by atoms with Gasteiger partial charge >= 0.3 is 0 Å². The second kappa shape index (κ2) is 9.02. The van der Waals surface area contributed by atoms with Crippen LogP contribution in [0, 0.1) is 0 Å². The summed E-state index contributed by atoms with van der Waals surface area (Å²) in [5.41, 5.74) is 1.54. The zero-order chi connectivity index (χ0) is 14.1. The molecule has 1 saturated carbocycles. The van der Waals surface area contributed by atoms with Gasteiger partial charge in [0.15, 0.2) is 0 Å². The largest absolute Gasteiger partial charge is 0.501 e. The van der Waals surface area contributed by atoms with Crippen LogP contribution in [-0.2, 0) is 4.74 Å². The summed E-state index contributed by atoms with van der Waals surface area (Å²) in [6.07, 6.45) is 18.4. The van der Waals surface area contributed by atoms with Crippen LogP contribution in [0.15, 0.2) is 11.8 Å². The maximum atomic E-state index is 5.78. The molecule has 0 amide bonds. The Morgan fingerprint density at radius 2 is 1.90 bits per heavy atom. The zero-order valence-corrected chi connectivity index (χ0v) is 14.1. The molecule has 1 saturated heterocycles. The monoisotopic (exact) mass is 296 g/mol. The molecular formula is C18H32OS. The lowest BCUT2D eigenvalue weighted by molar-refractivity contribution is 0.230. The Labute approximate surface area is 129 Å². The highest BCUT2D eigenvalue weighted by Crippen LogP contribution is 2.40. The summed E-state index contributed by atoms with van der Waals surface area (Å²) in [4.78, 5) is 0. The number of thioether (sulfide) groups is 1. The predicted octanol–water partition coefficient (Wildman–Crippen LogP) is 6.09. The van der Waals surface area contributed by atoms with Crippen molar-refractivity contribution in [2.75, 3.05) is 12.4 Å². The van der Waals surface area contributed by atoms with Crippen LogP contribution >= 0.6 is 11.8 Å². The molecule has 0 aromatic heterocycles. The van der Waals surface area contributed by atoms with Crippen molar-refractivity contribution in [2.45, 2.75) is 88.7 Å². The molecule has 2 heteroatoms. The lowest BCUT2D eigenvalue weighted by Crippen LogP contribution is -2.26. The minimum atomic E-state index is 0.560. The summed E-state index contributed by atoms with van der Waals surface area (Å²) in [5, 5.41) is 0. The van der Waals surface area contributed by atoms with E-state index in [4.69, 9.17) is 4.74 Å². The number of ether oxygens (including phenoxy) is 1. The van der Waals surface area contributed by atoms with Gasteiger partial charge < -0.3 is 4.74 Å². The quantitative estimate of drug-likeness (QED) is 0.433. The molecule has 1 heterocycles. The first-order chi connectivity index (χ1) is 9.85. The smallest absolute Gasteiger partial charge is 0.0873 e. The summed E-state index contributed by atoms with van der Waals surface area (Å²) < 4.78 is 6.34. The van der Waals surface area contributed by atoms with E-state index in [2.05, 4.69) is 24.9 Å². The van der Waals surface area contributed by atoms with Gasteiger partial charge in [-0.15, -0.1) is 0 Å². The molecule has 1 nitrogen and oxygen atoms in total. The summed E-state index contributed by atoms with van der Waals surface area (Å²) in [5.74, 6) is 1.37. The molecule has 1 unspecified atom stereocenters. The first-order valence-corrected chi connectivity index (χ1v) is 9.77. The molecule has 1 aliphatic carbocycles. The van der Waals surface area contributed by atoms with Crippen molar-refractivity contribution in [2.24, 2.45) is 0 Å². The standard InChI is InChI=1S/C18H32OS/c1-2-18(12-7-3-4-8-15-20-18)13-9-14-19-16-17-10-5-6-11-17/h16H,2-15H2,1H3. The van der Waals surface area contributed by atoms with Crippen molar-refractivity contribution < 1.29 is 4.74 Å². The van der Waals surface area contributed by atoms with Gasteiger partial charge in [0.2, 0.25) is 0 Å². The average molecular weight is 297 g/mol. The van der Waals surface area contributed by atoms with Gasteiger partial charge in [-0.1, -0.05) is 26.2 Å². The number of allylic oxidation sites excluding steroid dienone is 1. The first-order valence-electron chi connectivity index (χ1n) is 8.78. The van der Waals surface area contributed by atoms with Crippen molar-refractivity contribution in [3.05, 3.63) is 11.8 Å². The van der Waals surface area contributed by atoms with Gasteiger partial charge in [0.1, 0.15) is 0 Å². The van der Waals surface area contributed by atoms with Crippen LogP contribution in [0.2, 0.25) is 0 Å². The van der Waals surface area contributed by atoms with Crippen molar-refractivity contribution in [3.63, 3.8) is 0 Å². The fourth-order valence-electron chi connectivity index (χ4n) is 3.52. The highest BCUT2D eigenvalue weighted by molar-refractivity contribution is 8.00. The minimum Gasteiger partial charge on any atom is -0.501 e. The highest BCUT2D eigenvalue weighted by Gasteiger charge is 2.28. The fraction of sp³-hybridized carbons (Fsp3) is 0.889. The Kier molecular flexibility index (Phi) is 7.33. The van der Waals surface area contributed by atoms with E-state index < -0.39 is 0 Å². The molecule has 0 bridgehead atoms. The molecular weight excluding hydrogens is 264 g/mol. The third-order valence-corrected chi connectivity index (χ3v) is 6.77. The van der Waals surface area contributed by atoms with Gasteiger partial charge in [0, 0.05) is 4.75 Å². The Morgan fingerprint density at radius 3 is 2.70 bits per heavy atom. The van der Waals surface area contributed by atoms with Gasteiger partial charge in [-0.2, -0.15) is 11.8 Å². The molecule has 0 radical (unpaired) electrons. The zero-order valence-electron chi connectivity index (χ0n) is 13.3. The van der Waals surface area contributed by atoms with E-state index >= 15 is 0 Å². The van der Waals surface area contributed by atoms with Gasteiger partial charge in [-0.05, 0) is 69.1 Å². The van der Waals surface area contributed by atoms with Crippen LogP contribution < -0.4 is 0 Å². The normalized spacial score (nSPS) is 27.9. The van der Waals surface area contributed by atoms with E-state index in [1.807, 2.05) is 0 Å². The molecule has 0 spiro atoms. The Morgan fingerprint density at radius 1 is 1.10 bits per heavy atom. The van der Waals surface area contributed by atoms with E-state index in [-0.39, 0.29) is 0 Å². The van der Waals surface area contributed by atoms with E-state index in [1.54, 1.807) is 0 Å². The maximum absolute atomic E-state index is 5.78. The molecule has 0 aromatic rings. The molecule has 2 fully saturated rings. The number of hydrogen-bond donors (Lipinski definition) is 0. The van der Waals surface area contributed by atoms with Gasteiger partial charge in [0.05, 0.1) is 12.9 Å². The van der Waals surface area contributed by atoms with Crippen LogP contribution in [0.4, 0.5) is 0 Å². The van der Waals surface area contributed by atoms with E-state index in [0.29, 0.717) is 4.75 Å². The molecule has 0 aromatic carbocycles. The SMILES string of the molecule is CCC1(CCCOC=C2CCCC2)CCCCCCS1. The summed E-state index contributed by atoms with van der Waals surface area (Å²) in [7, 11) is 0.